The normalized spacial score (nSPS) is 16.5. The van der Waals surface area contributed by atoms with Gasteiger partial charge in [0.25, 0.3) is 0 Å². The van der Waals surface area contributed by atoms with E-state index in [0.717, 1.165) is 12.6 Å². The van der Waals surface area contributed by atoms with Crippen LogP contribution in [-0.4, -0.2) is 17.5 Å². The summed E-state index contributed by atoms with van der Waals surface area (Å²) >= 11 is 5.37. The van der Waals surface area contributed by atoms with Crippen molar-refractivity contribution in [2.75, 3.05) is 6.54 Å². The Hall–Kier alpha value is 0.140. The lowest BCUT2D eigenvalue weighted by Crippen LogP contribution is -2.25. The van der Waals surface area contributed by atoms with Gasteiger partial charge in [-0.3, -0.25) is 4.90 Å². The Balaban J connectivity index is 1.92. The predicted molar refractivity (Wildman–Crippen MR) is 65.7 cm³/mol. The Morgan fingerprint density at radius 2 is 2.36 bits per heavy atom. The van der Waals surface area contributed by atoms with E-state index in [2.05, 4.69) is 39.2 Å². The van der Waals surface area contributed by atoms with Crippen LogP contribution in [-0.2, 0) is 6.54 Å². The lowest BCUT2D eigenvalue weighted by Gasteiger charge is -2.19. The fraction of sp³-hybridized carbons (Fsp3) is 0.636. The Morgan fingerprint density at radius 3 is 2.86 bits per heavy atom. The zero-order valence-corrected chi connectivity index (χ0v) is 10.9. The van der Waals surface area contributed by atoms with Crippen LogP contribution in [0.25, 0.3) is 0 Å². The second-order valence-electron chi connectivity index (χ2n) is 3.93. The maximum atomic E-state index is 3.51. The topological polar surface area (TPSA) is 3.24 Å². The van der Waals surface area contributed by atoms with Gasteiger partial charge in [0.15, 0.2) is 0 Å². The Kier molecular flexibility index (Phi) is 3.63. The first kappa shape index (κ1) is 10.7. The molecule has 0 aromatic carbocycles. The molecule has 0 spiro atoms. The molecule has 1 saturated carbocycles. The lowest BCUT2D eigenvalue weighted by molar-refractivity contribution is 0.257. The van der Waals surface area contributed by atoms with Crippen LogP contribution in [0.4, 0.5) is 0 Å². The molecular formula is C11H16BrNS. The minimum absolute atomic E-state index is 0.885. The minimum atomic E-state index is 0.885. The van der Waals surface area contributed by atoms with Crippen molar-refractivity contribution in [1.29, 1.82) is 0 Å². The summed E-state index contributed by atoms with van der Waals surface area (Å²) < 4.78 is 1.23. The number of thiophene rings is 1. The summed E-state index contributed by atoms with van der Waals surface area (Å²) in [6.07, 6.45) is 4.09. The number of hydrogen-bond donors (Lipinski definition) is 0. The summed E-state index contributed by atoms with van der Waals surface area (Å²) in [5.41, 5.74) is 0. The van der Waals surface area contributed by atoms with Crippen molar-refractivity contribution in [3.05, 3.63) is 20.8 Å². The largest absolute Gasteiger partial charge is 0.295 e. The first-order valence-corrected chi connectivity index (χ1v) is 6.94. The van der Waals surface area contributed by atoms with E-state index in [0.29, 0.717) is 0 Å². The van der Waals surface area contributed by atoms with E-state index >= 15 is 0 Å². The monoisotopic (exact) mass is 273 g/mol. The van der Waals surface area contributed by atoms with Gasteiger partial charge in [0.2, 0.25) is 0 Å². The molecule has 14 heavy (non-hydrogen) atoms. The summed E-state index contributed by atoms with van der Waals surface area (Å²) in [5.74, 6) is 0. The quantitative estimate of drug-likeness (QED) is 0.787. The van der Waals surface area contributed by atoms with Gasteiger partial charge in [-0.25, -0.2) is 0 Å². The van der Waals surface area contributed by atoms with Gasteiger partial charge in [-0.1, -0.05) is 6.92 Å². The molecule has 0 bridgehead atoms. The van der Waals surface area contributed by atoms with Gasteiger partial charge in [-0.15, -0.1) is 11.3 Å². The molecule has 1 aromatic rings. The highest BCUT2D eigenvalue weighted by atomic mass is 79.9. The first-order chi connectivity index (χ1) is 6.79. The minimum Gasteiger partial charge on any atom is -0.295 e. The molecule has 0 N–H and O–H groups in total. The van der Waals surface area contributed by atoms with Crippen molar-refractivity contribution in [1.82, 2.24) is 4.90 Å². The fourth-order valence-corrected chi connectivity index (χ4v) is 3.23. The highest BCUT2D eigenvalue weighted by Crippen LogP contribution is 2.30. The molecule has 0 unspecified atom stereocenters. The Labute approximate surface area is 98.2 Å². The zero-order valence-electron chi connectivity index (χ0n) is 8.50. The summed E-state index contributed by atoms with van der Waals surface area (Å²) in [7, 11) is 0. The molecule has 0 atom stereocenters. The van der Waals surface area contributed by atoms with Gasteiger partial charge in [-0.05, 0) is 47.8 Å². The van der Waals surface area contributed by atoms with Gasteiger partial charge in [0, 0.05) is 27.3 Å². The molecule has 0 saturated heterocycles. The molecule has 1 aromatic heterocycles. The van der Waals surface area contributed by atoms with Gasteiger partial charge in [-0.2, -0.15) is 0 Å². The average Bonchev–Trinajstić information content (AvgIpc) is 2.91. The third-order valence-corrected chi connectivity index (χ3v) is 4.24. The average molecular weight is 274 g/mol. The van der Waals surface area contributed by atoms with Crippen molar-refractivity contribution in [3.63, 3.8) is 0 Å². The molecule has 3 heteroatoms. The maximum Gasteiger partial charge on any atom is 0.0331 e. The van der Waals surface area contributed by atoms with Crippen molar-refractivity contribution >= 4 is 27.3 Å². The molecule has 2 rings (SSSR count). The molecule has 1 aliphatic rings. The molecule has 1 fully saturated rings. The Morgan fingerprint density at radius 1 is 1.57 bits per heavy atom. The van der Waals surface area contributed by atoms with Gasteiger partial charge < -0.3 is 0 Å². The highest BCUT2D eigenvalue weighted by molar-refractivity contribution is 9.10. The molecular weight excluding hydrogens is 258 g/mol. The van der Waals surface area contributed by atoms with Crippen LogP contribution in [0.5, 0.6) is 0 Å². The lowest BCUT2D eigenvalue weighted by atomic mass is 10.3. The van der Waals surface area contributed by atoms with E-state index in [1.54, 1.807) is 0 Å². The van der Waals surface area contributed by atoms with E-state index in [4.69, 9.17) is 0 Å². The smallest absolute Gasteiger partial charge is 0.0331 e. The van der Waals surface area contributed by atoms with Crippen LogP contribution in [0.15, 0.2) is 15.9 Å². The standard InChI is InChI=1S/C11H16BrNS/c1-2-5-13(10-3-4-10)7-11-6-9(12)8-14-11/h6,8,10H,2-5,7H2,1H3. The third kappa shape index (κ3) is 2.81. The summed E-state index contributed by atoms with van der Waals surface area (Å²) in [6.45, 7) is 4.66. The second kappa shape index (κ2) is 4.77. The van der Waals surface area contributed by atoms with E-state index in [9.17, 15) is 0 Å². The maximum absolute atomic E-state index is 3.51. The van der Waals surface area contributed by atoms with Crippen LogP contribution in [0, 0.1) is 0 Å². The molecule has 1 aliphatic carbocycles. The number of hydrogen-bond acceptors (Lipinski definition) is 2. The third-order valence-electron chi connectivity index (χ3n) is 2.55. The van der Waals surface area contributed by atoms with Gasteiger partial charge >= 0.3 is 0 Å². The molecule has 0 amide bonds. The number of rotatable bonds is 5. The first-order valence-electron chi connectivity index (χ1n) is 5.26. The van der Waals surface area contributed by atoms with Crippen molar-refractivity contribution in [2.45, 2.75) is 38.8 Å². The zero-order chi connectivity index (χ0) is 9.97. The van der Waals surface area contributed by atoms with Gasteiger partial charge in [0.1, 0.15) is 0 Å². The van der Waals surface area contributed by atoms with Crippen LogP contribution in [0.3, 0.4) is 0 Å². The highest BCUT2D eigenvalue weighted by Gasteiger charge is 2.28. The van der Waals surface area contributed by atoms with Crippen LogP contribution in [0.2, 0.25) is 0 Å². The molecule has 0 radical (unpaired) electrons. The van der Waals surface area contributed by atoms with Crippen LogP contribution in [0.1, 0.15) is 31.1 Å². The number of halogens is 1. The Bertz CT molecular complexity index is 293. The predicted octanol–water partition coefficient (Wildman–Crippen LogP) is 3.89. The van der Waals surface area contributed by atoms with Crippen molar-refractivity contribution < 1.29 is 0 Å². The second-order valence-corrected chi connectivity index (χ2v) is 5.84. The number of nitrogens with zero attached hydrogens (tertiary/aromatic N) is 1. The fourth-order valence-electron chi connectivity index (χ4n) is 1.75. The summed E-state index contributed by atoms with van der Waals surface area (Å²) in [6, 6.07) is 3.13. The summed E-state index contributed by atoms with van der Waals surface area (Å²) in [5, 5.41) is 2.17. The SMILES string of the molecule is CCCN(Cc1cc(Br)cs1)C1CC1. The van der Waals surface area contributed by atoms with E-state index in [-0.39, 0.29) is 0 Å². The summed E-state index contributed by atoms with van der Waals surface area (Å²) in [4.78, 5) is 4.11. The molecule has 1 nitrogen and oxygen atoms in total. The van der Waals surface area contributed by atoms with Crippen LogP contribution < -0.4 is 0 Å². The van der Waals surface area contributed by atoms with Crippen molar-refractivity contribution in [3.8, 4) is 0 Å². The van der Waals surface area contributed by atoms with Crippen LogP contribution >= 0.6 is 27.3 Å². The molecule has 0 aliphatic heterocycles. The van der Waals surface area contributed by atoms with E-state index in [1.807, 2.05) is 11.3 Å². The molecule has 1 heterocycles. The van der Waals surface area contributed by atoms with E-state index < -0.39 is 0 Å². The van der Waals surface area contributed by atoms with Gasteiger partial charge in [0.05, 0.1) is 0 Å². The van der Waals surface area contributed by atoms with Crippen molar-refractivity contribution in [2.24, 2.45) is 0 Å². The van der Waals surface area contributed by atoms with E-state index in [1.165, 1.54) is 35.2 Å². The molecule has 78 valence electrons.